The highest BCUT2D eigenvalue weighted by Gasteiger charge is 2.09. The Balaban J connectivity index is 3.40. The molecule has 0 bridgehead atoms. The van der Waals surface area contributed by atoms with Crippen molar-refractivity contribution in [2.45, 2.75) is 103 Å². The lowest BCUT2D eigenvalue weighted by molar-refractivity contribution is -0.122. The van der Waals surface area contributed by atoms with Crippen LogP contribution >= 0.6 is 0 Å². The van der Waals surface area contributed by atoms with Crippen LogP contribution in [0.1, 0.15) is 97.3 Å². The van der Waals surface area contributed by atoms with Gasteiger partial charge in [0.25, 0.3) is 0 Å². The average Bonchev–Trinajstić information content (AvgIpc) is 2.49. The number of rotatable bonds is 15. The molecule has 0 fully saturated rings. The van der Waals surface area contributed by atoms with Crippen molar-refractivity contribution in [3.8, 4) is 0 Å². The summed E-state index contributed by atoms with van der Waals surface area (Å²) in [4.78, 5) is 11.8. The molecular formula is C18H38N2O. The summed E-state index contributed by atoms with van der Waals surface area (Å²) in [5.74, 6) is 0.224. The minimum absolute atomic E-state index is 0.224. The predicted molar refractivity (Wildman–Crippen MR) is 92.4 cm³/mol. The fourth-order valence-electron chi connectivity index (χ4n) is 2.64. The van der Waals surface area contributed by atoms with Crippen molar-refractivity contribution < 1.29 is 4.79 Å². The number of unbranched alkanes of at least 4 members (excludes halogenated alkanes) is 8. The lowest BCUT2D eigenvalue weighted by atomic mass is 10.1. The molecule has 0 saturated carbocycles. The van der Waals surface area contributed by atoms with E-state index in [-0.39, 0.29) is 5.91 Å². The quantitative estimate of drug-likeness (QED) is 0.436. The summed E-state index contributed by atoms with van der Waals surface area (Å²) in [6.45, 7) is 5.09. The average molecular weight is 299 g/mol. The van der Waals surface area contributed by atoms with Crippen LogP contribution in [0.5, 0.6) is 0 Å². The largest absolute Gasteiger partial charge is 0.353 e. The van der Waals surface area contributed by atoms with E-state index in [2.05, 4.69) is 19.2 Å². The van der Waals surface area contributed by atoms with Crippen molar-refractivity contribution in [3.05, 3.63) is 0 Å². The highest BCUT2D eigenvalue weighted by molar-refractivity contribution is 5.76. The zero-order chi connectivity index (χ0) is 15.8. The molecule has 126 valence electrons. The van der Waals surface area contributed by atoms with Gasteiger partial charge in [-0.25, -0.2) is 0 Å². The molecular weight excluding hydrogens is 260 g/mol. The highest BCUT2D eigenvalue weighted by atomic mass is 16.1. The van der Waals surface area contributed by atoms with E-state index in [1.165, 1.54) is 51.4 Å². The maximum atomic E-state index is 11.8. The number of hydrogen-bond acceptors (Lipinski definition) is 2. The van der Waals surface area contributed by atoms with Crippen LogP contribution in [0, 0.1) is 0 Å². The van der Waals surface area contributed by atoms with Crippen LogP contribution in [0.2, 0.25) is 0 Å². The number of nitrogens with one attached hydrogen (secondary N) is 1. The van der Waals surface area contributed by atoms with E-state index >= 15 is 0 Å². The maximum Gasteiger partial charge on any atom is 0.220 e. The molecule has 0 aromatic rings. The molecule has 0 rings (SSSR count). The van der Waals surface area contributed by atoms with Gasteiger partial charge in [0, 0.05) is 12.5 Å². The molecule has 1 unspecified atom stereocenters. The number of amides is 1. The molecule has 0 heterocycles. The number of carbonyl (C=O) groups excluding carboxylic acids is 1. The molecule has 0 aromatic carbocycles. The summed E-state index contributed by atoms with van der Waals surface area (Å²) in [5, 5.41) is 3.13. The van der Waals surface area contributed by atoms with Crippen LogP contribution in [0.15, 0.2) is 0 Å². The van der Waals surface area contributed by atoms with Crippen LogP contribution in [0.3, 0.4) is 0 Å². The lowest BCUT2D eigenvalue weighted by Crippen LogP contribution is -2.34. The van der Waals surface area contributed by atoms with E-state index in [9.17, 15) is 4.79 Å². The van der Waals surface area contributed by atoms with E-state index in [1.807, 2.05) is 0 Å². The second-order valence-corrected chi connectivity index (χ2v) is 6.18. The summed E-state index contributed by atoms with van der Waals surface area (Å²) >= 11 is 0. The molecule has 0 radical (unpaired) electrons. The molecule has 0 aliphatic rings. The van der Waals surface area contributed by atoms with Gasteiger partial charge in [0.05, 0.1) is 0 Å². The Morgan fingerprint density at radius 2 is 1.48 bits per heavy atom. The standard InChI is InChI=1S/C18H38N2O/c1-3-5-6-7-8-9-10-11-12-15-18(21)20-17(4-2)14-13-16-19/h17H,3-16,19H2,1-2H3,(H,20,21). The number of nitrogens with two attached hydrogens (primary N) is 1. The predicted octanol–water partition coefficient (Wildman–Crippen LogP) is 4.54. The zero-order valence-electron chi connectivity index (χ0n) is 14.5. The van der Waals surface area contributed by atoms with Gasteiger partial charge in [-0.1, -0.05) is 65.2 Å². The minimum Gasteiger partial charge on any atom is -0.353 e. The van der Waals surface area contributed by atoms with Gasteiger partial charge in [-0.3, -0.25) is 4.79 Å². The Morgan fingerprint density at radius 3 is 2.00 bits per heavy atom. The third-order valence-corrected chi connectivity index (χ3v) is 4.12. The smallest absolute Gasteiger partial charge is 0.220 e. The summed E-state index contributed by atoms with van der Waals surface area (Å²) in [6.07, 6.45) is 15.4. The summed E-state index contributed by atoms with van der Waals surface area (Å²) in [7, 11) is 0. The Labute approximate surface area is 132 Å². The van der Waals surface area contributed by atoms with Crippen LogP contribution in [-0.2, 0) is 4.79 Å². The third-order valence-electron chi connectivity index (χ3n) is 4.12. The van der Waals surface area contributed by atoms with Crippen molar-refractivity contribution >= 4 is 5.91 Å². The Kier molecular flexibility index (Phi) is 15.4. The van der Waals surface area contributed by atoms with E-state index < -0.39 is 0 Å². The normalized spacial score (nSPS) is 12.3. The molecule has 0 aromatic heterocycles. The maximum absolute atomic E-state index is 11.8. The summed E-state index contributed by atoms with van der Waals surface area (Å²) in [6, 6.07) is 0.319. The van der Waals surface area contributed by atoms with Gasteiger partial charge >= 0.3 is 0 Å². The molecule has 3 heteroatoms. The van der Waals surface area contributed by atoms with Crippen LogP contribution in [0.4, 0.5) is 0 Å². The molecule has 21 heavy (non-hydrogen) atoms. The molecule has 0 aliphatic heterocycles. The van der Waals surface area contributed by atoms with E-state index in [0.29, 0.717) is 19.0 Å². The zero-order valence-corrected chi connectivity index (χ0v) is 14.5. The molecule has 0 saturated heterocycles. The van der Waals surface area contributed by atoms with Gasteiger partial charge in [-0.2, -0.15) is 0 Å². The minimum atomic E-state index is 0.224. The van der Waals surface area contributed by atoms with Crippen molar-refractivity contribution in [3.63, 3.8) is 0 Å². The van der Waals surface area contributed by atoms with Crippen LogP contribution < -0.4 is 11.1 Å². The van der Waals surface area contributed by atoms with Gasteiger partial charge in [0.1, 0.15) is 0 Å². The molecule has 3 nitrogen and oxygen atoms in total. The van der Waals surface area contributed by atoms with Crippen LogP contribution in [0.25, 0.3) is 0 Å². The van der Waals surface area contributed by atoms with Gasteiger partial charge < -0.3 is 11.1 Å². The third kappa shape index (κ3) is 14.1. The first-order chi connectivity index (χ1) is 10.2. The van der Waals surface area contributed by atoms with Gasteiger partial charge in [0.15, 0.2) is 0 Å². The first kappa shape index (κ1) is 20.4. The second kappa shape index (κ2) is 15.8. The summed E-state index contributed by atoms with van der Waals surface area (Å²) < 4.78 is 0. The van der Waals surface area contributed by atoms with E-state index in [0.717, 1.165) is 25.7 Å². The SMILES string of the molecule is CCCCCCCCCCCC(=O)NC(CC)CCCN. The van der Waals surface area contributed by atoms with Crippen molar-refractivity contribution in [1.29, 1.82) is 0 Å². The highest BCUT2D eigenvalue weighted by Crippen LogP contribution is 2.10. The molecule has 1 atom stereocenters. The lowest BCUT2D eigenvalue weighted by Gasteiger charge is -2.16. The first-order valence-electron chi connectivity index (χ1n) is 9.24. The van der Waals surface area contributed by atoms with Crippen LogP contribution in [-0.4, -0.2) is 18.5 Å². The number of hydrogen-bond donors (Lipinski definition) is 2. The Hall–Kier alpha value is -0.570. The fraction of sp³-hybridized carbons (Fsp3) is 0.944. The second-order valence-electron chi connectivity index (χ2n) is 6.18. The molecule has 0 spiro atoms. The number of carbonyl (C=O) groups is 1. The van der Waals surface area contributed by atoms with Gasteiger partial charge in [-0.05, 0) is 32.2 Å². The van der Waals surface area contributed by atoms with E-state index in [1.54, 1.807) is 0 Å². The molecule has 0 aliphatic carbocycles. The Morgan fingerprint density at radius 1 is 0.905 bits per heavy atom. The van der Waals surface area contributed by atoms with E-state index in [4.69, 9.17) is 5.73 Å². The first-order valence-corrected chi connectivity index (χ1v) is 9.24. The Bertz CT molecular complexity index is 231. The molecule has 3 N–H and O–H groups in total. The fourth-order valence-corrected chi connectivity index (χ4v) is 2.64. The topological polar surface area (TPSA) is 55.1 Å². The molecule has 1 amide bonds. The monoisotopic (exact) mass is 298 g/mol. The summed E-state index contributed by atoms with van der Waals surface area (Å²) in [5.41, 5.74) is 5.51. The van der Waals surface area contributed by atoms with Gasteiger partial charge in [0.2, 0.25) is 5.91 Å². The van der Waals surface area contributed by atoms with Crippen molar-refractivity contribution in [1.82, 2.24) is 5.32 Å². The van der Waals surface area contributed by atoms with Gasteiger partial charge in [-0.15, -0.1) is 0 Å². The van der Waals surface area contributed by atoms with Crippen molar-refractivity contribution in [2.75, 3.05) is 6.54 Å². The van der Waals surface area contributed by atoms with Crippen molar-refractivity contribution in [2.24, 2.45) is 5.73 Å².